The van der Waals surface area contributed by atoms with Gasteiger partial charge in [0.05, 0.1) is 12.0 Å². The van der Waals surface area contributed by atoms with Crippen LogP contribution in [0.25, 0.3) is 0 Å². The molecule has 0 bridgehead atoms. The smallest absolute Gasteiger partial charge is 0.228 e. The van der Waals surface area contributed by atoms with Gasteiger partial charge in [0.25, 0.3) is 0 Å². The van der Waals surface area contributed by atoms with Gasteiger partial charge in [-0.1, -0.05) is 48.0 Å². The number of carbonyl (C=O) groups is 2. The van der Waals surface area contributed by atoms with Gasteiger partial charge in [0, 0.05) is 30.2 Å². The van der Waals surface area contributed by atoms with Crippen LogP contribution in [0.2, 0.25) is 5.02 Å². The summed E-state index contributed by atoms with van der Waals surface area (Å²) in [6, 6.07) is 17.5. The highest BCUT2D eigenvalue weighted by Gasteiger charge is 2.40. The van der Waals surface area contributed by atoms with Crippen LogP contribution < -0.4 is 4.90 Å². The van der Waals surface area contributed by atoms with Crippen LogP contribution in [-0.2, 0) is 9.59 Å². The van der Waals surface area contributed by atoms with Crippen LogP contribution in [0, 0.1) is 5.92 Å². The van der Waals surface area contributed by atoms with Gasteiger partial charge in [-0.2, -0.15) is 0 Å². The zero-order valence-electron chi connectivity index (χ0n) is 14.5. The molecule has 2 aliphatic heterocycles. The minimum absolute atomic E-state index is 0.0129. The van der Waals surface area contributed by atoms with E-state index in [1.807, 2.05) is 35.2 Å². The molecular formula is C21H21ClN2O2. The van der Waals surface area contributed by atoms with Crippen LogP contribution in [0.5, 0.6) is 0 Å². The standard InChI is InChI=1S/C21H21ClN2O2/c22-17-8-4-9-18(13-17)24-14-16(12-20(24)25)21(26)23-11-5-10-19(23)15-6-2-1-3-7-15/h1-4,6-9,13,16,19H,5,10-12,14H2/t16-,19+/m0/s1. The summed E-state index contributed by atoms with van der Waals surface area (Å²) >= 11 is 6.05. The number of anilines is 1. The lowest BCUT2D eigenvalue weighted by Gasteiger charge is -2.27. The van der Waals surface area contributed by atoms with E-state index in [0.29, 0.717) is 11.6 Å². The molecule has 2 aromatic carbocycles. The van der Waals surface area contributed by atoms with Gasteiger partial charge >= 0.3 is 0 Å². The van der Waals surface area contributed by atoms with E-state index in [9.17, 15) is 9.59 Å². The van der Waals surface area contributed by atoms with Crippen LogP contribution in [0.4, 0.5) is 5.69 Å². The van der Waals surface area contributed by atoms with Crippen molar-refractivity contribution >= 4 is 29.1 Å². The highest BCUT2D eigenvalue weighted by molar-refractivity contribution is 6.31. The number of likely N-dealkylation sites (tertiary alicyclic amines) is 1. The number of hydrogen-bond donors (Lipinski definition) is 0. The van der Waals surface area contributed by atoms with Crippen LogP contribution in [0.1, 0.15) is 30.9 Å². The largest absolute Gasteiger partial charge is 0.335 e. The van der Waals surface area contributed by atoms with Crippen molar-refractivity contribution in [3.05, 3.63) is 65.2 Å². The van der Waals surface area contributed by atoms with E-state index >= 15 is 0 Å². The summed E-state index contributed by atoms with van der Waals surface area (Å²) < 4.78 is 0. The molecule has 2 aliphatic rings. The average Bonchev–Trinajstić information content (AvgIpc) is 3.29. The number of halogens is 1. The number of carbonyl (C=O) groups excluding carboxylic acids is 2. The van der Waals surface area contributed by atoms with Crippen molar-refractivity contribution in [1.29, 1.82) is 0 Å². The molecule has 0 aliphatic carbocycles. The molecule has 2 saturated heterocycles. The molecule has 2 aromatic rings. The molecule has 0 saturated carbocycles. The summed E-state index contributed by atoms with van der Waals surface area (Å²) in [5.41, 5.74) is 1.94. The Kier molecular flexibility index (Phi) is 4.68. The maximum atomic E-state index is 13.1. The highest BCUT2D eigenvalue weighted by Crippen LogP contribution is 2.35. The number of benzene rings is 2. The molecule has 0 unspecified atom stereocenters. The van der Waals surface area contributed by atoms with Crippen molar-refractivity contribution in [1.82, 2.24) is 4.90 Å². The lowest BCUT2D eigenvalue weighted by molar-refractivity contribution is -0.136. The summed E-state index contributed by atoms with van der Waals surface area (Å²) in [6.07, 6.45) is 2.25. The molecule has 5 heteroatoms. The van der Waals surface area contributed by atoms with Gasteiger partial charge < -0.3 is 9.80 Å². The van der Waals surface area contributed by atoms with E-state index in [4.69, 9.17) is 11.6 Å². The fourth-order valence-corrected chi connectivity index (χ4v) is 4.24. The summed E-state index contributed by atoms with van der Waals surface area (Å²) in [7, 11) is 0. The molecule has 0 aromatic heterocycles. The quantitative estimate of drug-likeness (QED) is 0.819. The SMILES string of the molecule is O=C1C[C@H](C(=O)N2CCC[C@@H]2c2ccccc2)CN1c1cccc(Cl)c1. The number of amides is 2. The lowest BCUT2D eigenvalue weighted by Crippen LogP contribution is -2.37. The van der Waals surface area contributed by atoms with E-state index < -0.39 is 0 Å². The zero-order valence-corrected chi connectivity index (χ0v) is 15.2. The minimum Gasteiger partial charge on any atom is -0.335 e. The first kappa shape index (κ1) is 17.1. The molecule has 2 heterocycles. The Bertz CT molecular complexity index is 824. The Balaban J connectivity index is 1.51. The van der Waals surface area contributed by atoms with E-state index in [1.165, 1.54) is 5.56 Å². The summed E-state index contributed by atoms with van der Waals surface area (Å²) in [5, 5.41) is 0.591. The Morgan fingerprint density at radius 3 is 2.65 bits per heavy atom. The monoisotopic (exact) mass is 368 g/mol. The van der Waals surface area contributed by atoms with Crippen molar-refractivity contribution in [2.24, 2.45) is 5.92 Å². The molecule has 4 nitrogen and oxygen atoms in total. The zero-order chi connectivity index (χ0) is 18.1. The highest BCUT2D eigenvalue weighted by atomic mass is 35.5. The van der Waals surface area contributed by atoms with Crippen LogP contribution in [-0.4, -0.2) is 29.8 Å². The molecule has 134 valence electrons. The summed E-state index contributed by atoms with van der Waals surface area (Å²) in [4.78, 5) is 29.3. The molecule has 2 amide bonds. The molecule has 26 heavy (non-hydrogen) atoms. The maximum absolute atomic E-state index is 13.1. The minimum atomic E-state index is -0.286. The first-order valence-electron chi connectivity index (χ1n) is 9.05. The van der Waals surface area contributed by atoms with E-state index in [2.05, 4.69) is 12.1 Å². The topological polar surface area (TPSA) is 40.6 Å². The molecule has 2 atom stereocenters. The van der Waals surface area contributed by atoms with Crippen molar-refractivity contribution in [2.45, 2.75) is 25.3 Å². The van der Waals surface area contributed by atoms with Gasteiger partial charge in [-0.3, -0.25) is 9.59 Å². The van der Waals surface area contributed by atoms with E-state index in [1.54, 1.807) is 17.0 Å². The first-order chi connectivity index (χ1) is 12.6. The molecule has 0 N–H and O–H groups in total. The van der Waals surface area contributed by atoms with Crippen molar-refractivity contribution in [3.8, 4) is 0 Å². The van der Waals surface area contributed by atoms with Crippen molar-refractivity contribution in [2.75, 3.05) is 18.0 Å². The third-order valence-corrected chi connectivity index (χ3v) is 5.55. The average molecular weight is 369 g/mol. The normalized spacial score (nSPS) is 22.9. The number of rotatable bonds is 3. The van der Waals surface area contributed by atoms with Gasteiger partial charge in [0.2, 0.25) is 11.8 Å². The molecular weight excluding hydrogens is 348 g/mol. The summed E-state index contributed by atoms with van der Waals surface area (Å²) in [6.45, 7) is 1.19. The number of hydrogen-bond acceptors (Lipinski definition) is 2. The summed E-state index contributed by atoms with van der Waals surface area (Å²) in [5.74, 6) is -0.207. The van der Waals surface area contributed by atoms with Crippen molar-refractivity contribution in [3.63, 3.8) is 0 Å². The van der Waals surface area contributed by atoms with E-state index in [0.717, 1.165) is 25.1 Å². The fraction of sp³-hybridized carbons (Fsp3) is 0.333. The van der Waals surface area contributed by atoms with Crippen LogP contribution in [0.15, 0.2) is 54.6 Å². The third-order valence-electron chi connectivity index (χ3n) is 5.31. The Labute approximate surface area is 158 Å². The van der Waals surface area contributed by atoms with Gasteiger partial charge in [-0.25, -0.2) is 0 Å². The Morgan fingerprint density at radius 2 is 1.88 bits per heavy atom. The van der Waals surface area contributed by atoms with Crippen LogP contribution in [0.3, 0.4) is 0 Å². The molecule has 0 radical (unpaired) electrons. The predicted molar refractivity (Wildman–Crippen MR) is 102 cm³/mol. The predicted octanol–water partition coefficient (Wildman–Crippen LogP) is 4.06. The third kappa shape index (κ3) is 3.21. The van der Waals surface area contributed by atoms with Gasteiger partial charge in [-0.15, -0.1) is 0 Å². The fourth-order valence-electron chi connectivity index (χ4n) is 4.05. The van der Waals surface area contributed by atoms with Crippen molar-refractivity contribution < 1.29 is 9.59 Å². The lowest BCUT2D eigenvalue weighted by atomic mass is 10.0. The number of nitrogens with zero attached hydrogens (tertiary/aromatic N) is 2. The Morgan fingerprint density at radius 1 is 1.08 bits per heavy atom. The van der Waals surface area contributed by atoms with Gasteiger partial charge in [0.1, 0.15) is 0 Å². The second-order valence-corrected chi connectivity index (χ2v) is 7.42. The first-order valence-corrected chi connectivity index (χ1v) is 9.42. The van der Waals surface area contributed by atoms with Gasteiger partial charge in [-0.05, 0) is 36.6 Å². The molecule has 4 rings (SSSR count). The molecule has 2 fully saturated rings. The second-order valence-electron chi connectivity index (χ2n) is 6.99. The van der Waals surface area contributed by atoms with E-state index in [-0.39, 0.29) is 30.2 Å². The Hall–Kier alpha value is -2.33. The molecule has 0 spiro atoms. The second kappa shape index (κ2) is 7.12. The maximum Gasteiger partial charge on any atom is 0.228 e. The van der Waals surface area contributed by atoms with Gasteiger partial charge in [0.15, 0.2) is 0 Å². The van der Waals surface area contributed by atoms with Crippen LogP contribution >= 0.6 is 11.6 Å².